The van der Waals surface area contributed by atoms with Crippen molar-refractivity contribution in [1.29, 1.82) is 0 Å². The van der Waals surface area contributed by atoms with Crippen molar-refractivity contribution in [2.75, 3.05) is 18.0 Å². The third-order valence-electron chi connectivity index (χ3n) is 5.58. The number of hydrogen-bond acceptors (Lipinski definition) is 8. The maximum Gasteiger partial charge on any atom is 0.416 e. The molecule has 1 aromatic heterocycles. The Kier molecular flexibility index (Phi) is 6.67. The summed E-state index contributed by atoms with van der Waals surface area (Å²) in [6, 6.07) is 7.84. The van der Waals surface area contributed by atoms with Gasteiger partial charge in [-0.3, -0.25) is 14.9 Å². The number of esters is 1. The number of nitro groups is 1. The van der Waals surface area contributed by atoms with E-state index in [4.69, 9.17) is 9.26 Å². The van der Waals surface area contributed by atoms with Gasteiger partial charge in [0.2, 0.25) is 5.82 Å². The van der Waals surface area contributed by atoms with Gasteiger partial charge in [0.05, 0.1) is 16.4 Å². The van der Waals surface area contributed by atoms with Crippen LogP contribution in [0, 0.1) is 21.8 Å². The number of aromatic nitrogens is 2. The van der Waals surface area contributed by atoms with E-state index in [1.807, 2.05) is 0 Å². The SMILES string of the molecule is O=C(OCc1nc(-c2ccc(F)cc2)no1)C1CCN(c2ccc(C(F)(F)F)cc2[N+](=O)[O-])CC1. The quantitative estimate of drug-likeness (QED) is 0.209. The Morgan fingerprint density at radius 1 is 1.17 bits per heavy atom. The van der Waals surface area contributed by atoms with E-state index in [1.165, 1.54) is 24.3 Å². The number of piperidine rings is 1. The second kappa shape index (κ2) is 9.68. The highest BCUT2D eigenvalue weighted by Gasteiger charge is 2.35. The standard InChI is InChI=1S/C22H18F4N4O5/c23-16-4-1-13(2-5-16)20-27-19(35-28-20)12-34-21(31)14-7-9-29(10-8-14)17-6-3-15(22(24,25)26)11-18(17)30(32)33/h1-6,11,14H,7-10,12H2. The van der Waals surface area contributed by atoms with Crippen LogP contribution in [0.2, 0.25) is 0 Å². The summed E-state index contributed by atoms with van der Waals surface area (Å²) < 4.78 is 62.1. The Morgan fingerprint density at radius 3 is 2.49 bits per heavy atom. The molecule has 35 heavy (non-hydrogen) atoms. The van der Waals surface area contributed by atoms with Crippen molar-refractivity contribution >= 4 is 17.3 Å². The fourth-order valence-corrected chi connectivity index (χ4v) is 3.75. The summed E-state index contributed by atoms with van der Waals surface area (Å²) >= 11 is 0. The monoisotopic (exact) mass is 494 g/mol. The summed E-state index contributed by atoms with van der Waals surface area (Å²) in [6.45, 7) is 0.181. The zero-order valence-corrected chi connectivity index (χ0v) is 18.0. The topological polar surface area (TPSA) is 112 Å². The third kappa shape index (κ3) is 5.55. The number of anilines is 1. The van der Waals surface area contributed by atoms with Crippen molar-refractivity contribution in [2.45, 2.75) is 25.6 Å². The van der Waals surface area contributed by atoms with Crippen LogP contribution in [0.25, 0.3) is 11.4 Å². The summed E-state index contributed by atoms with van der Waals surface area (Å²) in [5, 5.41) is 15.1. The van der Waals surface area contributed by atoms with Crippen LogP contribution in [0.5, 0.6) is 0 Å². The van der Waals surface area contributed by atoms with Crippen molar-refractivity contribution in [3.05, 3.63) is 69.9 Å². The molecule has 4 rings (SSSR count). The third-order valence-corrected chi connectivity index (χ3v) is 5.58. The van der Waals surface area contributed by atoms with Crippen LogP contribution in [0.4, 0.5) is 28.9 Å². The van der Waals surface area contributed by atoms with Gasteiger partial charge >= 0.3 is 12.1 Å². The number of halogens is 4. The number of hydrogen-bond donors (Lipinski definition) is 0. The Hall–Kier alpha value is -4.03. The predicted octanol–water partition coefficient (Wildman–Crippen LogP) is 4.76. The molecule has 13 heteroatoms. The molecular weight excluding hydrogens is 476 g/mol. The molecule has 1 aliphatic heterocycles. The number of carbonyl (C=O) groups excluding carboxylic acids is 1. The molecule has 0 N–H and O–H groups in total. The van der Waals surface area contributed by atoms with E-state index >= 15 is 0 Å². The van der Waals surface area contributed by atoms with E-state index in [9.17, 15) is 32.5 Å². The maximum atomic E-state index is 13.0. The number of nitrogens with zero attached hydrogens (tertiary/aromatic N) is 4. The molecule has 1 fully saturated rings. The number of ether oxygens (including phenoxy) is 1. The normalized spacial score (nSPS) is 14.7. The molecule has 1 aliphatic rings. The van der Waals surface area contributed by atoms with Crippen LogP contribution >= 0.6 is 0 Å². The minimum absolute atomic E-state index is 0.0514. The fourth-order valence-electron chi connectivity index (χ4n) is 3.75. The Labute approximate surface area is 195 Å². The lowest BCUT2D eigenvalue weighted by atomic mass is 9.96. The van der Waals surface area contributed by atoms with Gasteiger partial charge in [-0.15, -0.1) is 0 Å². The molecule has 9 nitrogen and oxygen atoms in total. The van der Waals surface area contributed by atoms with Gasteiger partial charge in [0.25, 0.3) is 11.6 Å². The Balaban J connectivity index is 1.33. The number of nitro benzene ring substituents is 1. The summed E-state index contributed by atoms with van der Waals surface area (Å²) in [6.07, 6.45) is -4.11. The largest absolute Gasteiger partial charge is 0.455 e. The van der Waals surface area contributed by atoms with E-state index in [1.54, 1.807) is 4.90 Å². The van der Waals surface area contributed by atoms with Crippen LogP contribution < -0.4 is 4.90 Å². The zero-order chi connectivity index (χ0) is 25.2. The van der Waals surface area contributed by atoms with E-state index in [0.717, 1.165) is 12.1 Å². The van der Waals surface area contributed by atoms with Crippen molar-refractivity contribution in [3.63, 3.8) is 0 Å². The van der Waals surface area contributed by atoms with Gasteiger partial charge < -0.3 is 14.2 Å². The molecule has 0 saturated carbocycles. The maximum absolute atomic E-state index is 13.0. The molecule has 2 heterocycles. The zero-order valence-electron chi connectivity index (χ0n) is 18.0. The number of carbonyl (C=O) groups is 1. The second-order valence-corrected chi connectivity index (χ2v) is 7.85. The van der Waals surface area contributed by atoms with Crippen LogP contribution in [0.3, 0.4) is 0 Å². The van der Waals surface area contributed by atoms with E-state index in [2.05, 4.69) is 10.1 Å². The van der Waals surface area contributed by atoms with Crippen molar-refractivity contribution in [3.8, 4) is 11.4 Å². The van der Waals surface area contributed by atoms with Gasteiger partial charge in [-0.1, -0.05) is 5.16 Å². The van der Waals surface area contributed by atoms with Crippen molar-refractivity contribution in [1.82, 2.24) is 10.1 Å². The first-order valence-corrected chi connectivity index (χ1v) is 10.5. The highest BCUT2D eigenvalue weighted by atomic mass is 19.4. The molecule has 0 radical (unpaired) electrons. The first-order chi connectivity index (χ1) is 16.6. The van der Waals surface area contributed by atoms with Crippen LogP contribution in [0.1, 0.15) is 24.3 Å². The molecular formula is C22H18F4N4O5. The molecule has 184 valence electrons. The van der Waals surface area contributed by atoms with Gasteiger partial charge in [-0.25, -0.2) is 4.39 Å². The summed E-state index contributed by atoms with van der Waals surface area (Å²) in [5.41, 5.74) is -1.16. The predicted molar refractivity (Wildman–Crippen MR) is 113 cm³/mol. The number of benzene rings is 2. The molecule has 0 aliphatic carbocycles. The van der Waals surface area contributed by atoms with Crippen LogP contribution in [-0.4, -0.2) is 34.1 Å². The summed E-state index contributed by atoms with van der Waals surface area (Å²) in [5.74, 6) is -1.17. The average Bonchev–Trinajstić information content (AvgIpc) is 3.31. The Morgan fingerprint density at radius 2 is 1.86 bits per heavy atom. The lowest BCUT2D eigenvalue weighted by molar-refractivity contribution is -0.384. The molecule has 0 spiro atoms. The molecule has 0 amide bonds. The Bertz CT molecular complexity index is 1220. The smallest absolute Gasteiger partial charge is 0.416 e. The first-order valence-electron chi connectivity index (χ1n) is 10.5. The van der Waals surface area contributed by atoms with Gasteiger partial charge in [-0.05, 0) is 49.2 Å². The van der Waals surface area contributed by atoms with E-state index < -0.39 is 40.1 Å². The lowest BCUT2D eigenvalue weighted by Gasteiger charge is -2.32. The number of alkyl halides is 3. The van der Waals surface area contributed by atoms with Crippen LogP contribution in [0.15, 0.2) is 47.0 Å². The number of rotatable bonds is 6. The molecule has 3 aromatic rings. The molecule has 0 bridgehead atoms. The lowest BCUT2D eigenvalue weighted by Crippen LogP contribution is -2.37. The highest BCUT2D eigenvalue weighted by Crippen LogP contribution is 2.37. The minimum atomic E-state index is -4.70. The van der Waals surface area contributed by atoms with Crippen molar-refractivity contribution in [2.24, 2.45) is 5.92 Å². The molecule has 1 saturated heterocycles. The average molecular weight is 494 g/mol. The first kappa shape index (κ1) is 24.1. The van der Waals surface area contributed by atoms with Crippen molar-refractivity contribution < 1.29 is 36.5 Å². The van der Waals surface area contributed by atoms with E-state index in [0.29, 0.717) is 24.5 Å². The highest BCUT2D eigenvalue weighted by molar-refractivity contribution is 5.73. The minimum Gasteiger partial charge on any atom is -0.455 e. The van der Waals surface area contributed by atoms with Crippen LogP contribution in [-0.2, 0) is 22.3 Å². The summed E-state index contributed by atoms with van der Waals surface area (Å²) in [4.78, 5) is 28.6. The van der Waals surface area contributed by atoms with Gasteiger partial charge in [0.1, 0.15) is 11.5 Å². The van der Waals surface area contributed by atoms with Gasteiger partial charge in [0, 0.05) is 24.7 Å². The molecule has 0 unspecified atom stereocenters. The molecule has 2 aromatic carbocycles. The molecule has 0 atom stereocenters. The van der Waals surface area contributed by atoms with E-state index in [-0.39, 0.29) is 37.1 Å². The van der Waals surface area contributed by atoms with Gasteiger partial charge in [0.15, 0.2) is 6.61 Å². The summed E-state index contributed by atoms with van der Waals surface area (Å²) in [7, 11) is 0. The van der Waals surface area contributed by atoms with Gasteiger partial charge in [-0.2, -0.15) is 18.2 Å². The second-order valence-electron chi connectivity index (χ2n) is 7.85. The fraction of sp³-hybridized carbons (Fsp3) is 0.318.